The maximum absolute atomic E-state index is 5.31. The maximum atomic E-state index is 5.31. The summed E-state index contributed by atoms with van der Waals surface area (Å²) in [6.45, 7) is 1.94. The van der Waals surface area contributed by atoms with Crippen molar-refractivity contribution in [2.45, 2.75) is 13.0 Å². The molecule has 0 aliphatic rings. The van der Waals surface area contributed by atoms with Crippen molar-refractivity contribution < 1.29 is 4.74 Å². The van der Waals surface area contributed by atoms with Gasteiger partial charge in [-0.1, -0.05) is 30.3 Å². The van der Waals surface area contributed by atoms with Gasteiger partial charge in [-0.25, -0.2) is 9.97 Å². The van der Waals surface area contributed by atoms with E-state index in [1.165, 1.54) is 0 Å². The Morgan fingerprint density at radius 2 is 1.89 bits per heavy atom. The highest BCUT2D eigenvalue weighted by molar-refractivity contribution is 14.1. The lowest BCUT2D eigenvalue weighted by atomic mass is 10.1. The highest BCUT2D eigenvalue weighted by Gasteiger charge is 2.16. The monoisotopic (exact) mass is 369 g/mol. The molecule has 19 heavy (non-hydrogen) atoms. The summed E-state index contributed by atoms with van der Waals surface area (Å²) in [6.07, 6.45) is -0.133. The summed E-state index contributed by atoms with van der Waals surface area (Å²) >= 11 is 2.27. The quantitative estimate of drug-likeness (QED) is 0.839. The van der Waals surface area contributed by atoms with Gasteiger partial charge in [0.15, 0.2) is 5.82 Å². The number of hydrogen-bond donors (Lipinski definition) is 1. The first-order valence-electron chi connectivity index (χ1n) is 6.00. The van der Waals surface area contributed by atoms with Crippen LogP contribution in [-0.2, 0) is 4.74 Å². The molecule has 0 fully saturated rings. The lowest BCUT2D eigenvalue weighted by Gasteiger charge is -2.14. The van der Waals surface area contributed by atoms with Crippen LogP contribution in [-0.4, -0.2) is 24.1 Å². The van der Waals surface area contributed by atoms with Gasteiger partial charge in [0.2, 0.25) is 0 Å². The molecule has 0 saturated carbocycles. The molecule has 1 heterocycles. The van der Waals surface area contributed by atoms with E-state index in [0.717, 1.165) is 20.6 Å². The van der Waals surface area contributed by atoms with Crippen LogP contribution < -0.4 is 5.32 Å². The van der Waals surface area contributed by atoms with E-state index in [1.807, 2.05) is 44.3 Å². The van der Waals surface area contributed by atoms with Gasteiger partial charge in [0.1, 0.15) is 11.9 Å². The number of rotatable bonds is 4. The molecular formula is C14H16IN3O. The van der Waals surface area contributed by atoms with E-state index in [4.69, 9.17) is 4.74 Å². The molecule has 5 heteroatoms. The van der Waals surface area contributed by atoms with Gasteiger partial charge in [0.05, 0.1) is 9.26 Å². The molecule has 2 aromatic rings. The predicted molar refractivity (Wildman–Crippen MR) is 85.2 cm³/mol. The number of aromatic nitrogens is 2. The molecular weight excluding hydrogens is 353 g/mol. The van der Waals surface area contributed by atoms with E-state index in [2.05, 4.69) is 37.9 Å². The minimum absolute atomic E-state index is 0.133. The molecule has 1 unspecified atom stereocenters. The lowest BCUT2D eigenvalue weighted by molar-refractivity contribution is 0.112. The molecule has 1 N–H and O–H groups in total. The van der Waals surface area contributed by atoms with Gasteiger partial charge >= 0.3 is 0 Å². The van der Waals surface area contributed by atoms with E-state index < -0.39 is 0 Å². The van der Waals surface area contributed by atoms with Gasteiger partial charge in [0, 0.05) is 19.7 Å². The normalized spacial score (nSPS) is 12.2. The van der Waals surface area contributed by atoms with Gasteiger partial charge in [-0.05, 0) is 29.5 Å². The largest absolute Gasteiger partial charge is 0.374 e. The van der Waals surface area contributed by atoms with E-state index in [-0.39, 0.29) is 6.10 Å². The van der Waals surface area contributed by atoms with Crippen LogP contribution in [0.2, 0.25) is 0 Å². The molecule has 1 atom stereocenters. The minimum atomic E-state index is -0.133. The van der Waals surface area contributed by atoms with E-state index >= 15 is 0 Å². The fourth-order valence-electron chi connectivity index (χ4n) is 1.70. The summed E-state index contributed by atoms with van der Waals surface area (Å²) in [5.41, 5.74) is 2.01. The van der Waals surface area contributed by atoms with Crippen LogP contribution in [0.25, 0.3) is 11.3 Å². The fourth-order valence-corrected chi connectivity index (χ4v) is 2.53. The van der Waals surface area contributed by atoms with Crippen LogP contribution in [0.3, 0.4) is 0 Å². The second-order valence-electron chi connectivity index (χ2n) is 4.09. The van der Waals surface area contributed by atoms with Crippen molar-refractivity contribution in [1.29, 1.82) is 0 Å². The van der Waals surface area contributed by atoms with Crippen molar-refractivity contribution in [3.63, 3.8) is 0 Å². The van der Waals surface area contributed by atoms with Crippen molar-refractivity contribution in [3.8, 4) is 11.3 Å². The second-order valence-corrected chi connectivity index (χ2v) is 5.17. The van der Waals surface area contributed by atoms with Gasteiger partial charge in [-0.2, -0.15) is 0 Å². The Hall–Kier alpha value is -1.21. The summed E-state index contributed by atoms with van der Waals surface area (Å²) in [5.74, 6) is 1.51. The Morgan fingerprint density at radius 1 is 1.21 bits per heavy atom. The van der Waals surface area contributed by atoms with Crippen molar-refractivity contribution in [2.24, 2.45) is 0 Å². The number of halogens is 1. The summed E-state index contributed by atoms with van der Waals surface area (Å²) in [6, 6.07) is 10.1. The fraction of sp³-hybridized carbons (Fsp3) is 0.286. The Labute approximate surface area is 126 Å². The first-order valence-corrected chi connectivity index (χ1v) is 7.08. The Bertz CT molecular complexity index is 560. The molecule has 0 radical (unpaired) electrons. The van der Waals surface area contributed by atoms with Crippen molar-refractivity contribution in [2.75, 3.05) is 19.5 Å². The van der Waals surface area contributed by atoms with Gasteiger partial charge in [-0.3, -0.25) is 0 Å². The zero-order valence-electron chi connectivity index (χ0n) is 11.1. The average molecular weight is 369 g/mol. The standard InChI is InChI=1S/C14H16IN3O/c1-9(19-3)13-17-12(10-7-5-4-6-8-10)11(15)14(16-2)18-13/h4-9H,1-3H3,(H,16,17,18). The van der Waals surface area contributed by atoms with E-state index in [1.54, 1.807) is 7.11 Å². The van der Waals surface area contributed by atoms with Crippen LogP contribution in [0.5, 0.6) is 0 Å². The number of anilines is 1. The molecule has 4 nitrogen and oxygen atoms in total. The van der Waals surface area contributed by atoms with E-state index in [0.29, 0.717) is 5.82 Å². The first kappa shape index (κ1) is 14.2. The minimum Gasteiger partial charge on any atom is -0.374 e. The first-order chi connectivity index (χ1) is 9.17. The number of ether oxygens (including phenoxy) is 1. The molecule has 1 aromatic heterocycles. The molecule has 0 aliphatic carbocycles. The van der Waals surface area contributed by atoms with Gasteiger partial charge in [0.25, 0.3) is 0 Å². The second kappa shape index (κ2) is 6.29. The summed E-state index contributed by atoms with van der Waals surface area (Å²) in [4.78, 5) is 9.13. The van der Waals surface area contributed by atoms with Crippen LogP contribution >= 0.6 is 22.6 Å². The highest BCUT2D eigenvalue weighted by atomic mass is 127. The number of hydrogen-bond acceptors (Lipinski definition) is 4. The summed E-state index contributed by atoms with van der Waals surface area (Å²) in [5, 5.41) is 3.11. The van der Waals surface area contributed by atoms with Crippen molar-refractivity contribution in [1.82, 2.24) is 9.97 Å². The predicted octanol–water partition coefficient (Wildman–Crippen LogP) is 3.50. The Balaban J connectivity index is 2.59. The smallest absolute Gasteiger partial charge is 0.159 e. The van der Waals surface area contributed by atoms with E-state index in [9.17, 15) is 0 Å². The lowest BCUT2D eigenvalue weighted by Crippen LogP contribution is -2.09. The molecule has 1 aromatic carbocycles. The number of methoxy groups -OCH3 is 1. The third-order valence-electron chi connectivity index (χ3n) is 2.87. The Kier molecular flexibility index (Phi) is 4.71. The van der Waals surface area contributed by atoms with Crippen LogP contribution in [0, 0.1) is 3.57 Å². The zero-order valence-corrected chi connectivity index (χ0v) is 13.3. The number of benzene rings is 1. The summed E-state index contributed by atoms with van der Waals surface area (Å²) in [7, 11) is 3.52. The SMILES string of the molecule is CNc1nc(C(C)OC)nc(-c2ccccc2)c1I. The van der Waals surface area contributed by atoms with Gasteiger partial charge < -0.3 is 10.1 Å². The average Bonchev–Trinajstić information content (AvgIpc) is 2.47. The van der Waals surface area contributed by atoms with Gasteiger partial charge in [-0.15, -0.1) is 0 Å². The number of nitrogens with zero attached hydrogens (tertiary/aromatic N) is 2. The molecule has 100 valence electrons. The molecule has 0 saturated heterocycles. The summed E-state index contributed by atoms with van der Waals surface area (Å²) < 4.78 is 6.32. The zero-order chi connectivity index (χ0) is 13.8. The topological polar surface area (TPSA) is 47.0 Å². The molecule has 0 amide bonds. The molecule has 0 spiro atoms. The third-order valence-corrected chi connectivity index (χ3v) is 3.89. The molecule has 0 bridgehead atoms. The highest BCUT2D eigenvalue weighted by Crippen LogP contribution is 2.29. The number of nitrogens with one attached hydrogen (secondary N) is 1. The van der Waals surface area contributed by atoms with Crippen molar-refractivity contribution >= 4 is 28.4 Å². The van der Waals surface area contributed by atoms with Crippen LogP contribution in [0.1, 0.15) is 18.9 Å². The van der Waals surface area contributed by atoms with Crippen LogP contribution in [0.15, 0.2) is 30.3 Å². The van der Waals surface area contributed by atoms with Crippen molar-refractivity contribution in [3.05, 3.63) is 39.7 Å². The molecule has 2 rings (SSSR count). The Morgan fingerprint density at radius 3 is 2.47 bits per heavy atom. The molecule has 0 aliphatic heterocycles. The third kappa shape index (κ3) is 3.03. The van der Waals surface area contributed by atoms with Crippen LogP contribution in [0.4, 0.5) is 5.82 Å². The maximum Gasteiger partial charge on any atom is 0.159 e.